The predicted octanol–water partition coefficient (Wildman–Crippen LogP) is 3.18. The van der Waals surface area contributed by atoms with Crippen LogP contribution in [0.1, 0.15) is 19.3 Å². The van der Waals surface area contributed by atoms with Gasteiger partial charge in [-0.1, -0.05) is 0 Å². The number of morpholine rings is 1. The molecule has 0 amide bonds. The molecule has 3 heterocycles. The van der Waals surface area contributed by atoms with Crippen molar-refractivity contribution in [1.29, 1.82) is 0 Å². The van der Waals surface area contributed by atoms with Crippen molar-refractivity contribution in [3.8, 4) is 0 Å². The van der Waals surface area contributed by atoms with E-state index in [2.05, 4.69) is 4.98 Å². The number of halogens is 4. The van der Waals surface area contributed by atoms with Crippen molar-refractivity contribution in [3.05, 3.63) is 29.5 Å². The number of benzene rings is 1. The molecular weight excluding hydrogens is 338 g/mol. The van der Waals surface area contributed by atoms with Gasteiger partial charge >= 0.3 is 0 Å². The van der Waals surface area contributed by atoms with Gasteiger partial charge in [0.1, 0.15) is 18.5 Å². The van der Waals surface area contributed by atoms with Gasteiger partial charge in [0, 0.05) is 13.0 Å². The van der Waals surface area contributed by atoms with Gasteiger partial charge < -0.3 is 9.72 Å². The Kier molecular flexibility index (Phi) is 4.21. The number of quaternary nitrogens is 1. The van der Waals surface area contributed by atoms with Crippen molar-refractivity contribution in [2.45, 2.75) is 25.4 Å². The lowest BCUT2D eigenvalue weighted by atomic mass is 10.0. The Bertz CT molecular complexity index is 795. The lowest BCUT2D eigenvalue weighted by Crippen LogP contribution is -2.66. The summed E-state index contributed by atoms with van der Waals surface area (Å²) >= 11 is 0. The Hall–Kier alpha value is -1.64. The Morgan fingerprint density at radius 3 is 2.40 bits per heavy atom. The van der Waals surface area contributed by atoms with Crippen molar-refractivity contribution in [2.75, 3.05) is 32.8 Å². The van der Waals surface area contributed by atoms with Crippen molar-refractivity contribution >= 4 is 16.6 Å². The molecule has 1 N–H and O–H groups in total. The van der Waals surface area contributed by atoms with Gasteiger partial charge in [-0.3, -0.25) is 4.48 Å². The highest BCUT2D eigenvalue weighted by Crippen LogP contribution is 2.40. The summed E-state index contributed by atoms with van der Waals surface area (Å²) in [4.78, 5) is 2.61. The smallest absolute Gasteiger partial charge is 0.199 e. The zero-order valence-corrected chi connectivity index (χ0v) is 13.6. The number of piperidine rings is 1. The summed E-state index contributed by atoms with van der Waals surface area (Å²) in [5.74, 6) is -6.33. The van der Waals surface area contributed by atoms with Crippen LogP contribution in [0.2, 0.25) is 0 Å². The fourth-order valence-electron chi connectivity index (χ4n) is 4.11. The lowest BCUT2D eigenvalue weighted by Gasteiger charge is -2.46. The molecule has 135 valence electrons. The van der Waals surface area contributed by atoms with E-state index in [9.17, 15) is 17.6 Å². The minimum Gasteiger partial charge on any atom is -0.370 e. The standard InChI is InChI=1S/C17H19F4N3O/c18-13-12-10(9-23-17(12)16(21)15(20)14(13)19)24(5-7-25-8-6-24)11-3-1-2-4-22-11/h9,11,23H,1-8H2/q+1/t11-/m1/s1. The second-order valence-corrected chi connectivity index (χ2v) is 6.66. The van der Waals surface area contributed by atoms with E-state index in [0.717, 1.165) is 19.3 Å². The summed E-state index contributed by atoms with van der Waals surface area (Å²) in [6.07, 6.45) is 4.17. The monoisotopic (exact) mass is 357 g/mol. The number of hydrogen-bond acceptors (Lipinski definition) is 1. The van der Waals surface area contributed by atoms with E-state index in [0.29, 0.717) is 38.5 Å². The second kappa shape index (κ2) is 6.26. The van der Waals surface area contributed by atoms with Crippen LogP contribution in [0.15, 0.2) is 6.20 Å². The first kappa shape index (κ1) is 16.8. The molecule has 25 heavy (non-hydrogen) atoms. The highest BCUT2D eigenvalue weighted by Gasteiger charge is 2.45. The molecule has 2 aliphatic rings. The van der Waals surface area contributed by atoms with Gasteiger partial charge in [0.2, 0.25) is 0 Å². The predicted molar refractivity (Wildman–Crippen MR) is 85.1 cm³/mol. The maximum absolute atomic E-state index is 14.6. The Labute approximate surface area is 142 Å². The largest absolute Gasteiger partial charge is 0.370 e. The molecule has 0 aliphatic carbocycles. The number of ether oxygens (including phenoxy) is 1. The third kappa shape index (κ3) is 2.46. The summed E-state index contributed by atoms with van der Waals surface area (Å²) in [5, 5.41) is 4.48. The summed E-state index contributed by atoms with van der Waals surface area (Å²) in [5.41, 5.74) is 0.0791. The van der Waals surface area contributed by atoms with Crippen LogP contribution in [-0.2, 0) is 4.74 Å². The zero-order chi connectivity index (χ0) is 17.6. The molecule has 0 unspecified atom stereocenters. The van der Waals surface area contributed by atoms with Crippen molar-refractivity contribution < 1.29 is 22.3 Å². The van der Waals surface area contributed by atoms with Gasteiger partial charge in [-0.05, 0) is 12.8 Å². The minimum absolute atomic E-state index is 0.118. The summed E-state index contributed by atoms with van der Waals surface area (Å²) < 4.78 is 61.8. The van der Waals surface area contributed by atoms with Gasteiger partial charge in [0.05, 0.1) is 24.9 Å². The topological polar surface area (TPSA) is 39.1 Å². The first-order valence-electron chi connectivity index (χ1n) is 8.51. The van der Waals surface area contributed by atoms with Crippen LogP contribution in [0.5, 0.6) is 0 Å². The number of aromatic amines is 1. The zero-order valence-electron chi connectivity index (χ0n) is 13.6. The maximum atomic E-state index is 14.6. The number of hydrogen-bond donors (Lipinski definition) is 1. The van der Waals surface area contributed by atoms with Gasteiger partial charge in [0.25, 0.3) is 0 Å². The fraction of sp³-hybridized carbons (Fsp3) is 0.529. The van der Waals surface area contributed by atoms with Crippen LogP contribution in [0, 0.1) is 23.3 Å². The fourth-order valence-corrected chi connectivity index (χ4v) is 4.11. The molecule has 1 atom stereocenters. The van der Waals surface area contributed by atoms with Crippen LogP contribution in [0.4, 0.5) is 23.2 Å². The van der Waals surface area contributed by atoms with E-state index in [-0.39, 0.29) is 21.6 Å². The highest BCUT2D eigenvalue weighted by atomic mass is 19.2. The molecule has 1 aromatic heterocycles. The molecule has 2 saturated heterocycles. The van der Waals surface area contributed by atoms with E-state index in [1.165, 1.54) is 6.20 Å². The van der Waals surface area contributed by atoms with Gasteiger partial charge in [0.15, 0.2) is 35.1 Å². The molecule has 2 aromatic rings. The molecule has 8 heteroatoms. The minimum atomic E-state index is -1.80. The second-order valence-electron chi connectivity index (χ2n) is 6.66. The maximum Gasteiger partial charge on any atom is 0.199 e. The van der Waals surface area contributed by atoms with Crippen LogP contribution < -0.4 is 9.80 Å². The Morgan fingerprint density at radius 2 is 1.72 bits per heavy atom. The average Bonchev–Trinajstić information content (AvgIpc) is 3.12. The first-order valence-corrected chi connectivity index (χ1v) is 8.51. The van der Waals surface area contributed by atoms with Crippen LogP contribution in [0.3, 0.4) is 0 Å². The normalized spacial score (nSPS) is 23.9. The molecule has 1 radical (unpaired) electrons. The van der Waals surface area contributed by atoms with Crippen LogP contribution in [-0.4, -0.2) is 44.0 Å². The number of nitrogens with zero attached hydrogens (tertiary/aromatic N) is 2. The molecule has 1 aromatic carbocycles. The summed E-state index contributed by atoms with van der Waals surface area (Å²) in [6, 6.07) is 0. The number of fused-ring (bicyclic) bond motifs is 1. The van der Waals surface area contributed by atoms with E-state index in [1.54, 1.807) is 0 Å². The number of nitrogens with one attached hydrogen (secondary N) is 1. The highest BCUT2D eigenvalue weighted by molar-refractivity contribution is 5.93. The van der Waals surface area contributed by atoms with Crippen LogP contribution in [0.25, 0.3) is 10.9 Å². The molecule has 0 spiro atoms. The van der Waals surface area contributed by atoms with Gasteiger partial charge in [-0.15, -0.1) is 0 Å². The number of aromatic nitrogens is 1. The molecule has 4 rings (SSSR count). The van der Waals surface area contributed by atoms with Crippen molar-refractivity contribution in [3.63, 3.8) is 0 Å². The van der Waals surface area contributed by atoms with Crippen LogP contribution >= 0.6 is 0 Å². The van der Waals surface area contributed by atoms with E-state index >= 15 is 0 Å². The quantitative estimate of drug-likeness (QED) is 0.381. The SMILES string of the molecule is Fc1c(F)c(F)c2c([N+]3([C@@H]4CCCC[N]4)CCOCC3)c[nH]c2c1F. The third-order valence-corrected chi connectivity index (χ3v) is 5.41. The van der Waals surface area contributed by atoms with E-state index in [1.807, 2.05) is 0 Å². The van der Waals surface area contributed by atoms with E-state index < -0.39 is 23.3 Å². The van der Waals surface area contributed by atoms with Crippen molar-refractivity contribution in [1.82, 2.24) is 14.8 Å². The molecule has 2 aliphatic heterocycles. The lowest BCUT2D eigenvalue weighted by molar-refractivity contribution is 0.00610. The average molecular weight is 357 g/mol. The molecule has 4 nitrogen and oxygen atoms in total. The Balaban J connectivity index is 1.93. The van der Waals surface area contributed by atoms with Crippen molar-refractivity contribution in [2.24, 2.45) is 0 Å². The third-order valence-electron chi connectivity index (χ3n) is 5.41. The molecule has 2 fully saturated rings. The summed E-state index contributed by atoms with van der Waals surface area (Å²) in [6.45, 7) is 2.68. The molecule has 0 saturated carbocycles. The first-order chi connectivity index (χ1) is 12.1. The van der Waals surface area contributed by atoms with Gasteiger partial charge in [-0.25, -0.2) is 17.6 Å². The molecule has 0 bridgehead atoms. The van der Waals surface area contributed by atoms with Gasteiger partial charge in [-0.2, -0.15) is 5.32 Å². The molecular formula is C17H19F4N3O+. The Morgan fingerprint density at radius 1 is 1.00 bits per heavy atom. The number of H-pyrrole nitrogens is 1. The van der Waals surface area contributed by atoms with E-state index in [4.69, 9.17) is 10.1 Å². The summed E-state index contributed by atoms with van der Waals surface area (Å²) in [7, 11) is 0. The number of rotatable bonds is 2.